The van der Waals surface area contributed by atoms with Crippen molar-refractivity contribution in [2.75, 3.05) is 7.11 Å². The van der Waals surface area contributed by atoms with Gasteiger partial charge >= 0.3 is 6.09 Å². The maximum Gasteiger partial charge on any atom is 0.413 e. The summed E-state index contributed by atoms with van der Waals surface area (Å²) in [4.78, 5) is 36.7. The van der Waals surface area contributed by atoms with Crippen molar-refractivity contribution in [3.8, 4) is 23.0 Å². The Balaban J connectivity index is 1.29. The van der Waals surface area contributed by atoms with Crippen LogP contribution in [0.15, 0.2) is 55.2 Å². The van der Waals surface area contributed by atoms with Gasteiger partial charge < -0.3 is 24.8 Å². The van der Waals surface area contributed by atoms with Gasteiger partial charge in [0.2, 0.25) is 5.91 Å². The van der Waals surface area contributed by atoms with Gasteiger partial charge in [-0.25, -0.2) is 14.8 Å². The normalized spacial score (nSPS) is 13.5. The van der Waals surface area contributed by atoms with Crippen LogP contribution in [0.25, 0.3) is 0 Å². The Morgan fingerprint density at radius 1 is 1.03 bits per heavy atom. The topological polar surface area (TPSA) is 125 Å². The van der Waals surface area contributed by atoms with Gasteiger partial charge in [-0.15, -0.1) is 0 Å². The molecule has 1 saturated carbocycles. The maximum atomic E-state index is 12.7. The van der Waals surface area contributed by atoms with Crippen LogP contribution in [-0.2, 0) is 17.8 Å². The van der Waals surface area contributed by atoms with E-state index in [1.165, 1.54) is 18.7 Å². The average molecular weight is 463 g/mol. The predicted molar refractivity (Wildman–Crippen MR) is 122 cm³/mol. The fourth-order valence-electron chi connectivity index (χ4n) is 3.30. The number of methoxy groups -OCH3 is 1. The molecule has 0 aliphatic heterocycles. The van der Waals surface area contributed by atoms with E-state index in [1.807, 2.05) is 25.1 Å². The van der Waals surface area contributed by atoms with Crippen molar-refractivity contribution in [1.29, 1.82) is 0 Å². The lowest BCUT2D eigenvalue weighted by atomic mass is 10.1. The van der Waals surface area contributed by atoms with Crippen molar-refractivity contribution >= 4 is 12.0 Å². The van der Waals surface area contributed by atoms with Gasteiger partial charge in [0.1, 0.15) is 29.1 Å². The first-order chi connectivity index (χ1) is 16.5. The largest absolute Gasteiger partial charge is 0.497 e. The summed E-state index contributed by atoms with van der Waals surface area (Å²) >= 11 is 0. The average Bonchev–Trinajstić information content (AvgIpc) is 3.64. The zero-order valence-electron chi connectivity index (χ0n) is 18.9. The predicted octanol–water partition coefficient (Wildman–Crippen LogP) is 3.17. The number of carbonyl (C=O) groups is 2. The van der Waals surface area contributed by atoms with Crippen molar-refractivity contribution in [3.63, 3.8) is 0 Å². The molecule has 2 aromatic heterocycles. The lowest BCUT2D eigenvalue weighted by Crippen LogP contribution is -2.49. The highest BCUT2D eigenvalue weighted by atomic mass is 16.6. The minimum absolute atomic E-state index is 0.198. The second kappa shape index (κ2) is 10.2. The molecule has 0 unspecified atom stereocenters. The van der Waals surface area contributed by atoms with Crippen LogP contribution in [-0.4, -0.2) is 39.6 Å². The van der Waals surface area contributed by atoms with Crippen LogP contribution in [0.2, 0.25) is 0 Å². The van der Waals surface area contributed by atoms with Crippen molar-refractivity contribution in [2.45, 2.75) is 38.3 Å². The van der Waals surface area contributed by atoms with Gasteiger partial charge in [0.05, 0.1) is 37.9 Å². The third-order valence-electron chi connectivity index (χ3n) is 5.38. The van der Waals surface area contributed by atoms with E-state index in [0.717, 1.165) is 23.5 Å². The summed E-state index contributed by atoms with van der Waals surface area (Å²) < 4.78 is 16.3. The first-order valence-corrected chi connectivity index (χ1v) is 10.8. The third kappa shape index (κ3) is 5.58. The van der Waals surface area contributed by atoms with E-state index >= 15 is 0 Å². The summed E-state index contributed by atoms with van der Waals surface area (Å²) in [5.41, 5.74) is 0.711. The lowest BCUT2D eigenvalue weighted by molar-refractivity contribution is -0.124. The molecular formula is C24H25N5O5. The number of amides is 2. The summed E-state index contributed by atoms with van der Waals surface area (Å²) in [6, 6.07) is 9.22. The van der Waals surface area contributed by atoms with Crippen LogP contribution in [0.1, 0.15) is 31.0 Å². The monoisotopic (exact) mass is 463 g/mol. The van der Waals surface area contributed by atoms with Crippen molar-refractivity contribution < 1.29 is 23.8 Å². The summed E-state index contributed by atoms with van der Waals surface area (Å²) in [6.07, 6.45) is 6.79. The molecule has 34 heavy (non-hydrogen) atoms. The minimum Gasteiger partial charge on any atom is -0.497 e. The van der Waals surface area contributed by atoms with E-state index in [-0.39, 0.29) is 18.2 Å². The van der Waals surface area contributed by atoms with Crippen LogP contribution < -0.4 is 24.8 Å². The van der Waals surface area contributed by atoms with Crippen molar-refractivity contribution in [3.05, 3.63) is 66.5 Å². The Morgan fingerprint density at radius 3 is 2.44 bits per heavy atom. The zero-order chi connectivity index (χ0) is 24.0. The Morgan fingerprint density at radius 2 is 1.79 bits per heavy atom. The molecular weight excluding hydrogens is 438 g/mol. The van der Waals surface area contributed by atoms with Crippen molar-refractivity contribution in [1.82, 2.24) is 25.6 Å². The molecule has 0 bridgehead atoms. The highest BCUT2D eigenvalue weighted by Crippen LogP contribution is 2.36. The molecule has 176 valence electrons. The fraction of sp³-hybridized carbons (Fsp3) is 0.292. The van der Waals surface area contributed by atoms with Crippen LogP contribution in [0.4, 0.5) is 4.79 Å². The molecule has 2 N–H and O–H groups in total. The van der Waals surface area contributed by atoms with E-state index in [1.54, 1.807) is 25.4 Å². The summed E-state index contributed by atoms with van der Waals surface area (Å²) in [5.74, 6) is 2.01. The number of ether oxygens (including phenoxy) is 3. The van der Waals surface area contributed by atoms with Crippen LogP contribution in [0.5, 0.6) is 23.0 Å². The van der Waals surface area contributed by atoms with Gasteiger partial charge in [0.25, 0.3) is 0 Å². The fourth-order valence-corrected chi connectivity index (χ4v) is 3.30. The van der Waals surface area contributed by atoms with E-state index in [0.29, 0.717) is 24.3 Å². The SMILES string of the molecule is CCc1cc(OC)ccc1Oc1ccc(CNC(=O)C2(NC(=O)Oc3cncnc3)CC2)nc1. The lowest BCUT2D eigenvalue weighted by Gasteiger charge is -2.17. The van der Waals surface area contributed by atoms with E-state index in [2.05, 4.69) is 25.6 Å². The first-order valence-electron chi connectivity index (χ1n) is 10.8. The smallest absolute Gasteiger partial charge is 0.413 e. The number of nitrogens with one attached hydrogen (secondary N) is 2. The van der Waals surface area contributed by atoms with Gasteiger partial charge in [-0.3, -0.25) is 9.78 Å². The number of aryl methyl sites for hydroxylation is 1. The standard InChI is InChI=1S/C24H25N5O5/c1-3-16-10-18(32-2)6-7-21(16)33-19-5-4-17(27-14-19)11-28-22(30)24(8-9-24)29-23(31)34-20-12-25-15-26-13-20/h4-7,10,12-15H,3,8-9,11H2,1-2H3,(H,28,30)(H,29,31). The molecule has 2 amide bonds. The van der Waals surface area contributed by atoms with Gasteiger partial charge in [-0.1, -0.05) is 6.92 Å². The number of nitrogens with zero attached hydrogens (tertiary/aromatic N) is 3. The Labute approximate surface area is 196 Å². The Kier molecular flexibility index (Phi) is 6.86. The van der Waals surface area contributed by atoms with E-state index in [9.17, 15) is 9.59 Å². The minimum atomic E-state index is -0.972. The number of pyridine rings is 1. The summed E-state index contributed by atoms with van der Waals surface area (Å²) in [7, 11) is 1.63. The van der Waals surface area contributed by atoms with Crippen LogP contribution in [0, 0.1) is 0 Å². The highest BCUT2D eigenvalue weighted by molar-refractivity contribution is 5.93. The molecule has 0 spiro atoms. The van der Waals surface area contributed by atoms with Gasteiger partial charge in [0, 0.05) is 0 Å². The van der Waals surface area contributed by atoms with Crippen LogP contribution >= 0.6 is 0 Å². The molecule has 4 rings (SSSR count). The Hall–Kier alpha value is -4.21. The maximum absolute atomic E-state index is 12.7. The van der Waals surface area contributed by atoms with Gasteiger partial charge in [-0.05, 0) is 55.2 Å². The van der Waals surface area contributed by atoms with Gasteiger partial charge in [-0.2, -0.15) is 0 Å². The number of hydrogen-bond acceptors (Lipinski definition) is 8. The number of hydrogen-bond donors (Lipinski definition) is 2. The molecule has 10 heteroatoms. The Bertz CT molecular complexity index is 1150. The second-order valence-corrected chi connectivity index (χ2v) is 7.77. The molecule has 1 aliphatic rings. The molecule has 10 nitrogen and oxygen atoms in total. The van der Waals surface area contributed by atoms with Crippen LogP contribution in [0.3, 0.4) is 0 Å². The molecule has 1 aromatic carbocycles. The van der Waals surface area contributed by atoms with Crippen molar-refractivity contribution in [2.24, 2.45) is 0 Å². The second-order valence-electron chi connectivity index (χ2n) is 7.77. The number of benzene rings is 1. The highest BCUT2D eigenvalue weighted by Gasteiger charge is 2.51. The van der Waals surface area contributed by atoms with E-state index in [4.69, 9.17) is 14.2 Å². The number of aromatic nitrogens is 3. The van der Waals surface area contributed by atoms with Gasteiger partial charge in [0.15, 0.2) is 5.75 Å². The number of rotatable bonds is 9. The zero-order valence-corrected chi connectivity index (χ0v) is 18.9. The molecule has 3 aromatic rings. The summed E-state index contributed by atoms with van der Waals surface area (Å²) in [6.45, 7) is 2.26. The molecule has 1 fully saturated rings. The van der Waals surface area contributed by atoms with E-state index < -0.39 is 11.6 Å². The molecule has 2 heterocycles. The third-order valence-corrected chi connectivity index (χ3v) is 5.38. The molecule has 1 aliphatic carbocycles. The number of carbonyl (C=O) groups excluding carboxylic acids is 2. The first kappa shape index (κ1) is 23.0. The molecule has 0 atom stereocenters. The molecule has 0 saturated heterocycles. The molecule has 0 radical (unpaired) electrons. The summed E-state index contributed by atoms with van der Waals surface area (Å²) in [5, 5.41) is 5.45. The quantitative estimate of drug-likeness (QED) is 0.496.